The molecule has 0 aromatic rings. The van der Waals surface area contributed by atoms with E-state index in [9.17, 15) is 14.4 Å². The molecule has 0 saturated heterocycles. The fraction of sp³-hybridized carbons (Fsp3) is 0.578. The Labute approximate surface area is 429 Å². The standard InChI is InChI=1S/C64H100O6/c1-4-7-10-13-16-19-22-24-26-28-30-31-32-33-35-36-38-40-42-45-48-51-54-57-63(66)69-60-61(59-68-62(65)56-53-50-47-44-21-18-15-12-9-6-3)70-64(67)58-55-52-49-46-43-41-39-37-34-29-27-25-23-20-17-14-11-8-5-2/h7-8,10-12,15-17,19-20,24-27,30-31,33-35,37-38,40-41,43,61H,4-6,9,13-14,18,21-23,28-29,32,36,39,42,44-60H2,1-3H3/b10-7-,11-8-,15-12-,19-16-,20-17-,26-24-,27-25-,31-30-,35-33-,37-34-,40-38-,43-41-. The number of unbranched alkanes of at least 4 members (excludes halogenated alkanes) is 13. The highest BCUT2D eigenvalue weighted by Gasteiger charge is 2.19. The van der Waals surface area contributed by atoms with Crippen LogP contribution < -0.4 is 0 Å². The van der Waals surface area contributed by atoms with E-state index in [1.54, 1.807) is 0 Å². The number of allylic oxidation sites excluding steroid dienone is 24. The molecule has 0 spiro atoms. The Balaban J connectivity index is 4.47. The Kier molecular flexibility index (Phi) is 53.0. The molecule has 0 aliphatic heterocycles. The molecule has 1 unspecified atom stereocenters. The summed E-state index contributed by atoms with van der Waals surface area (Å²) >= 11 is 0. The van der Waals surface area contributed by atoms with Crippen LogP contribution in [-0.4, -0.2) is 37.2 Å². The molecular formula is C64H100O6. The molecule has 6 nitrogen and oxygen atoms in total. The Hall–Kier alpha value is -4.71. The van der Waals surface area contributed by atoms with Crippen molar-refractivity contribution in [3.8, 4) is 0 Å². The van der Waals surface area contributed by atoms with E-state index in [1.165, 1.54) is 12.8 Å². The number of esters is 3. The van der Waals surface area contributed by atoms with Crippen molar-refractivity contribution in [3.05, 3.63) is 146 Å². The van der Waals surface area contributed by atoms with E-state index in [-0.39, 0.29) is 37.5 Å². The van der Waals surface area contributed by atoms with Crippen LogP contribution in [0.25, 0.3) is 0 Å². The maximum atomic E-state index is 12.8. The molecule has 0 radical (unpaired) electrons. The van der Waals surface area contributed by atoms with Gasteiger partial charge in [-0.1, -0.05) is 212 Å². The van der Waals surface area contributed by atoms with Gasteiger partial charge in [-0.2, -0.15) is 0 Å². The zero-order valence-corrected chi connectivity index (χ0v) is 44.7. The van der Waals surface area contributed by atoms with Crippen LogP contribution in [0.3, 0.4) is 0 Å². The molecule has 0 rings (SSSR count). The summed E-state index contributed by atoms with van der Waals surface area (Å²) < 4.78 is 16.8. The van der Waals surface area contributed by atoms with Crippen molar-refractivity contribution in [2.75, 3.05) is 13.2 Å². The highest BCUT2D eigenvalue weighted by Crippen LogP contribution is 2.12. The number of hydrogen-bond donors (Lipinski definition) is 0. The van der Waals surface area contributed by atoms with Crippen LogP contribution in [-0.2, 0) is 28.6 Å². The molecule has 0 aromatic carbocycles. The minimum absolute atomic E-state index is 0.110. The highest BCUT2D eigenvalue weighted by atomic mass is 16.6. The van der Waals surface area contributed by atoms with Gasteiger partial charge in [0.2, 0.25) is 0 Å². The molecule has 70 heavy (non-hydrogen) atoms. The molecule has 0 aromatic heterocycles. The molecular weight excluding hydrogens is 865 g/mol. The van der Waals surface area contributed by atoms with Gasteiger partial charge >= 0.3 is 17.9 Å². The number of carbonyl (C=O) groups is 3. The third-order valence-corrected chi connectivity index (χ3v) is 11.0. The lowest BCUT2D eigenvalue weighted by Gasteiger charge is -2.18. The van der Waals surface area contributed by atoms with Crippen LogP contribution in [0.4, 0.5) is 0 Å². The highest BCUT2D eigenvalue weighted by molar-refractivity contribution is 5.71. The third kappa shape index (κ3) is 54.2. The summed E-state index contributed by atoms with van der Waals surface area (Å²) in [6.45, 7) is 6.27. The molecule has 0 bridgehead atoms. The van der Waals surface area contributed by atoms with Crippen molar-refractivity contribution < 1.29 is 28.6 Å². The summed E-state index contributed by atoms with van der Waals surface area (Å²) in [6, 6.07) is 0. The predicted molar refractivity (Wildman–Crippen MR) is 302 cm³/mol. The molecule has 1 atom stereocenters. The number of rotatable bonds is 48. The van der Waals surface area contributed by atoms with Gasteiger partial charge in [-0.25, -0.2) is 0 Å². The molecule has 392 valence electrons. The van der Waals surface area contributed by atoms with E-state index in [0.29, 0.717) is 19.3 Å². The van der Waals surface area contributed by atoms with E-state index < -0.39 is 6.10 Å². The van der Waals surface area contributed by atoms with Crippen molar-refractivity contribution in [2.45, 2.75) is 226 Å². The van der Waals surface area contributed by atoms with Gasteiger partial charge in [0.1, 0.15) is 13.2 Å². The summed E-state index contributed by atoms with van der Waals surface area (Å²) in [5.41, 5.74) is 0. The summed E-state index contributed by atoms with van der Waals surface area (Å²) in [5.74, 6) is -0.988. The molecule has 0 aliphatic carbocycles. The van der Waals surface area contributed by atoms with Crippen LogP contribution in [0.1, 0.15) is 220 Å². The first-order valence-corrected chi connectivity index (χ1v) is 27.8. The van der Waals surface area contributed by atoms with E-state index >= 15 is 0 Å². The topological polar surface area (TPSA) is 78.9 Å². The molecule has 0 aliphatic rings. The number of carbonyl (C=O) groups excluding carboxylic acids is 3. The quantitative estimate of drug-likeness (QED) is 0.0262. The van der Waals surface area contributed by atoms with Gasteiger partial charge in [-0.05, 0) is 135 Å². The van der Waals surface area contributed by atoms with Gasteiger partial charge in [-0.3, -0.25) is 14.4 Å². The van der Waals surface area contributed by atoms with Crippen molar-refractivity contribution in [1.82, 2.24) is 0 Å². The first kappa shape index (κ1) is 65.3. The zero-order valence-electron chi connectivity index (χ0n) is 44.7. The van der Waals surface area contributed by atoms with Crippen LogP contribution in [0.5, 0.6) is 0 Å². The summed E-state index contributed by atoms with van der Waals surface area (Å²) in [6.07, 6.45) is 81.2. The van der Waals surface area contributed by atoms with Crippen LogP contribution in [0.2, 0.25) is 0 Å². The third-order valence-electron chi connectivity index (χ3n) is 11.0. The van der Waals surface area contributed by atoms with Gasteiger partial charge in [0.15, 0.2) is 6.10 Å². The summed E-state index contributed by atoms with van der Waals surface area (Å²) in [4.78, 5) is 38.1. The monoisotopic (exact) mass is 965 g/mol. The number of ether oxygens (including phenoxy) is 3. The average Bonchev–Trinajstić information content (AvgIpc) is 3.36. The lowest BCUT2D eigenvalue weighted by molar-refractivity contribution is -0.167. The van der Waals surface area contributed by atoms with Gasteiger partial charge in [0.05, 0.1) is 0 Å². The average molecular weight is 965 g/mol. The first-order valence-electron chi connectivity index (χ1n) is 27.8. The van der Waals surface area contributed by atoms with Gasteiger partial charge in [-0.15, -0.1) is 0 Å². The first-order chi connectivity index (χ1) is 34.5. The Morgan fingerprint density at radius 2 is 0.557 bits per heavy atom. The van der Waals surface area contributed by atoms with Gasteiger partial charge in [0, 0.05) is 19.3 Å². The second kappa shape index (κ2) is 56.9. The van der Waals surface area contributed by atoms with Crippen LogP contribution >= 0.6 is 0 Å². The molecule has 0 fully saturated rings. The van der Waals surface area contributed by atoms with Crippen molar-refractivity contribution >= 4 is 17.9 Å². The Morgan fingerprint density at radius 1 is 0.300 bits per heavy atom. The van der Waals surface area contributed by atoms with Gasteiger partial charge in [0.25, 0.3) is 0 Å². The molecule has 0 amide bonds. The van der Waals surface area contributed by atoms with E-state index in [2.05, 4.69) is 167 Å². The molecule has 0 saturated carbocycles. The molecule has 0 heterocycles. The minimum Gasteiger partial charge on any atom is -0.462 e. The minimum atomic E-state index is -0.816. The second-order valence-corrected chi connectivity index (χ2v) is 17.7. The molecule has 6 heteroatoms. The SMILES string of the molecule is CC/C=C\C/C=C\C/C=C\C/C=C\C/C=C\C/C=C\CCCCCCC(=O)OCC(COC(=O)CCCCCCC/C=C\CCC)OC(=O)CCCCC/C=C\C/C=C\C/C=C\C/C=C\C/C=C\CC. The van der Waals surface area contributed by atoms with E-state index in [4.69, 9.17) is 14.2 Å². The predicted octanol–water partition coefficient (Wildman–Crippen LogP) is 18.8. The zero-order chi connectivity index (χ0) is 50.7. The Bertz CT molecular complexity index is 1580. The summed E-state index contributed by atoms with van der Waals surface area (Å²) in [7, 11) is 0. The lowest BCUT2D eigenvalue weighted by atomic mass is 10.1. The fourth-order valence-corrected chi connectivity index (χ4v) is 6.94. The van der Waals surface area contributed by atoms with Crippen molar-refractivity contribution in [3.63, 3.8) is 0 Å². The lowest BCUT2D eigenvalue weighted by Crippen LogP contribution is -2.30. The maximum Gasteiger partial charge on any atom is 0.306 e. The van der Waals surface area contributed by atoms with Crippen molar-refractivity contribution in [2.24, 2.45) is 0 Å². The molecule has 0 N–H and O–H groups in total. The maximum absolute atomic E-state index is 12.8. The van der Waals surface area contributed by atoms with E-state index in [1.807, 2.05) is 0 Å². The Morgan fingerprint density at radius 3 is 0.900 bits per heavy atom. The van der Waals surface area contributed by atoms with Gasteiger partial charge < -0.3 is 14.2 Å². The number of hydrogen-bond acceptors (Lipinski definition) is 6. The van der Waals surface area contributed by atoms with E-state index in [0.717, 1.165) is 161 Å². The second-order valence-electron chi connectivity index (χ2n) is 17.7. The fourth-order valence-electron chi connectivity index (χ4n) is 6.94. The summed E-state index contributed by atoms with van der Waals surface area (Å²) in [5, 5.41) is 0. The van der Waals surface area contributed by atoms with Crippen LogP contribution in [0.15, 0.2) is 146 Å². The normalized spacial score (nSPS) is 13.2. The van der Waals surface area contributed by atoms with Crippen LogP contribution in [0, 0.1) is 0 Å². The largest absolute Gasteiger partial charge is 0.462 e. The smallest absolute Gasteiger partial charge is 0.306 e. The van der Waals surface area contributed by atoms with Crippen molar-refractivity contribution in [1.29, 1.82) is 0 Å².